The lowest BCUT2D eigenvalue weighted by Gasteiger charge is -2.18. The number of hydrogen-bond acceptors (Lipinski definition) is 6. The standard InChI is InChI=1S/C63H110O6/c1-4-7-10-13-16-19-22-25-28-31-33-35-38-41-44-47-50-53-56-62(65)68-59-60(58-67-61(64)55-52-49-46-43-40-37-34-30-27-24-21-18-15-12-9-6-3)69-63(66)57-54-51-48-45-42-39-36-32-29-26-23-20-17-14-11-8-5-2/h17,19-22,24,26,28-31,34,60H,4-16,18,23,25,27,32-33,35-59H2,1-3H3/b20-17-,22-19-,24-21-,29-26-,31-28-,34-30-. The molecule has 0 saturated heterocycles. The summed E-state index contributed by atoms with van der Waals surface area (Å²) in [7, 11) is 0. The first-order chi connectivity index (χ1) is 34.0. The van der Waals surface area contributed by atoms with Gasteiger partial charge in [0.25, 0.3) is 0 Å². The van der Waals surface area contributed by atoms with Gasteiger partial charge in [0, 0.05) is 19.3 Å². The molecule has 0 aliphatic heterocycles. The molecule has 0 N–H and O–H groups in total. The summed E-state index contributed by atoms with van der Waals surface area (Å²) in [6.45, 7) is 6.58. The van der Waals surface area contributed by atoms with Crippen LogP contribution in [0.5, 0.6) is 0 Å². The van der Waals surface area contributed by atoms with Crippen molar-refractivity contribution < 1.29 is 28.6 Å². The molecule has 6 heteroatoms. The van der Waals surface area contributed by atoms with Crippen LogP contribution in [0.25, 0.3) is 0 Å². The molecule has 0 aliphatic carbocycles. The van der Waals surface area contributed by atoms with Gasteiger partial charge >= 0.3 is 17.9 Å². The molecule has 0 aromatic rings. The van der Waals surface area contributed by atoms with Crippen LogP contribution < -0.4 is 0 Å². The van der Waals surface area contributed by atoms with Crippen molar-refractivity contribution in [1.82, 2.24) is 0 Å². The average molecular weight is 964 g/mol. The number of unbranched alkanes of at least 4 members (excludes halogenated alkanes) is 30. The summed E-state index contributed by atoms with van der Waals surface area (Å²) in [5.74, 6) is -0.907. The second kappa shape index (κ2) is 57.4. The first-order valence-corrected chi connectivity index (χ1v) is 29.4. The minimum atomic E-state index is -0.790. The fourth-order valence-electron chi connectivity index (χ4n) is 8.18. The molecule has 0 heterocycles. The van der Waals surface area contributed by atoms with Crippen molar-refractivity contribution >= 4 is 17.9 Å². The molecule has 0 aromatic heterocycles. The molecule has 398 valence electrons. The second-order valence-electron chi connectivity index (χ2n) is 19.5. The van der Waals surface area contributed by atoms with E-state index in [0.29, 0.717) is 19.3 Å². The zero-order valence-electron chi connectivity index (χ0n) is 45.6. The van der Waals surface area contributed by atoms with E-state index >= 15 is 0 Å². The van der Waals surface area contributed by atoms with Crippen molar-refractivity contribution in [2.75, 3.05) is 13.2 Å². The maximum Gasteiger partial charge on any atom is 0.306 e. The monoisotopic (exact) mass is 963 g/mol. The van der Waals surface area contributed by atoms with Gasteiger partial charge in [0.05, 0.1) is 0 Å². The Bertz CT molecular complexity index is 1290. The normalized spacial score (nSPS) is 12.6. The predicted octanol–water partition coefficient (Wildman–Crippen LogP) is 19.8. The van der Waals surface area contributed by atoms with Crippen molar-refractivity contribution in [1.29, 1.82) is 0 Å². The summed E-state index contributed by atoms with van der Waals surface area (Å²) in [5, 5.41) is 0. The van der Waals surface area contributed by atoms with Crippen molar-refractivity contribution in [3.63, 3.8) is 0 Å². The molecule has 6 nitrogen and oxygen atoms in total. The van der Waals surface area contributed by atoms with Crippen LogP contribution in [0.2, 0.25) is 0 Å². The highest BCUT2D eigenvalue weighted by atomic mass is 16.6. The largest absolute Gasteiger partial charge is 0.462 e. The summed E-state index contributed by atoms with van der Waals surface area (Å²) in [6.07, 6.45) is 73.1. The Kier molecular flexibility index (Phi) is 54.8. The highest BCUT2D eigenvalue weighted by Crippen LogP contribution is 2.15. The summed E-state index contributed by atoms with van der Waals surface area (Å²) in [6, 6.07) is 0. The van der Waals surface area contributed by atoms with E-state index in [4.69, 9.17) is 14.2 Å². The number of esters is 3. The Morgan fingerprint density at radius 2 is 0.522 bits per heavy atom. The van der Waals surface area contributed by atoms with E-state index in [1.165, 1.54) is 148 Å². The van der Waals surface area contributed by atoms with Gasteiger partial charge in [-0.25, -0.2) is 0 Å². The molecule has 1 atom stereocenters. The van der Waals surface area contributed by atoms with Crippen molar-refractivity contribution in [3.8, 4) is 0 Å². The van der Waals surface area contributed by atoms with Crippen LogP contribution in [0.1, 0.15) is 290 Å². The Balaban J connectivity index is 4.43. The lowest BCUT2D eigenvalue weighted by Crippen LogP contribution is -2.30. The summed E-state index contributed by atoms with van der Waals surface area (Å²) < 4.78 is 16.9. The Hall–Kier alpha value is -3.15. The van der Waals surface area contributed by atoms with E-state index in [0.717, 1.165) is 103 Å². The van der Waals surface area contributed by atoms with Crippen LogP contribution >= 0.6 is 0 Å². The van der Waals surface area contributed by atoms with Gasteiger partial charge in [-0.05, 0) is 116 Å². The second-order valence-corrected chi connectivity index (χ2v) is 19.5. The molecule has 0 fully saturated rings. The maximum absolute atomic E-state index is 12.9. The van der Waals surface area contributed by atoms with E-state index in [1.807, 2.05) is 0 Å². The number of ether oxygens (including phenoxy) is 3. The van der Waals surface area contributed by atoms with Gasteiger partial charge in [0.15, 0.2) is 6.10 Å². The topological polar surface area (TPSA) is 78.9 Å². The minimum absolute atomic E-state index is 0.0870. The molecule has 1 unspecified atom stereocenters. The third kappa shape index (κ3) is 55.6. The van der Waals surface area contributed by atoms with Crippen molar-refractivity contribution in [2.45, 2.75) is 297 Å². The lowest BCUT2D eigenvalue weighted by molar-refractivity contribution is -0.167. The number of carbonyl (C=O) groups is 3. The number of carbonyl (C=O) groups excluding carboxylic acids is 3. The molecule has 0 spiro atoms. The SMILES string of the molecule is CCCCC/C=C\C/C=C\CCCCCCCCCC(=O)OC(COC(=O)CCCCCCC/C=C\C/C=C\CCCCCC)COC(=O)CCCCCCCCC/C=C\C/C=C\CCCCCC. The number of hydrogen-bond donors (Lipinski definition) is 0. The summed E-state index contributed by atoms with van der Waals surface area (Å²) in [5.41, 5.74) is 0. The van der Waals surface area contributed by atoms with Gasteiger partial charge in [-0.3, -0.25) is 14.4 Å². The van der Waals surface area contributed by atoms with E-state index in [9.17, 15) is 14.4 Å². The molecular formula is C63H110O6. The van der Waals surface area contributed by atoms with Gasteiger partial charge in [-0.15, -0.1) is 0 Å². The Morgan fingerprint density at radius 3 is 0.826 bits per heavy atom. The zero-order chi connectivity index (χ0) is 50.0. The van der Waals surface area contributed by atoms with E-state index < -0.39 is 6.10 Å². The van der Waals surface area contributed by atoms with Gasteiger partial charge in [0.2, 0.25) is 0 Å². The van der Waals surface area contributed by atoms with Gasteiger partial charge in [0.1, 0.15) is 13.2 Å². The fraction of sp³-hybridized carbons (Fsp3) is 0.762. The van der Waals surface area contributed by atoms with E-state index in [-0.39, 0.29) is 31.1 Å². The summed E-state index contributed by atoms with van der Waals surface area (Å²) >= 11 is 0. The molecule has 0 radical (unpaired) electrons. The summed E-state index contributed by atoms with van der Waals surface area (Å²) in [4.78, 5) is 38.2. The first-order valence-electron chi connectivity index (χ1n) is 29.4. The average Bonchev–Trinajstić information content (AvgIpc) is 3.35. The highest BCUT2D eigenvalue weighted by molar-refractivity contribution is 5.71. The lowest BCUT2D eigenvalue weighted by atomic mass is 10.1. The fourth-order valence-corrected chi connectivity index (χ4v) is 8.18. The van der Waals surface area contributed by atoms with Gasteiger partial charge < -0.3 is 14.2 Å². The van der Waals surface area contributed by atoms with Crippen LogP contribution in [0.3, 0.4) is 0 Å². The third-order valence-electron chi connectivity index (χ3n) is 12.7. The first kappa shape index (κ1) is 65.8. The maximum atomic E-state index is 12.9. The minimum Gasteiger partial charge on any atom is -0.462 e. The number of allylic oxidation sites excluding steroid dienone is 12. The zero-order valence-corrected chi connectivity index (χ0v) is 45.6. The van der Waals surface area contributed by atoms with Gasteiger partial charge in [-0.1, -0.05) is 229 Å². The Morgan fingerprint density at radius 1 is 0.290 bits per heavy atom. The number of rotatable bonds is 53. The molecular weight excluding hydrogens is 853 g/mol. The molecule has 0 aromatic carbocycles. The van der Waals surface area contributed by atoms with Crippen LogP contribution in [-0.4, -0.2) is 37.2 Å². The third-order valence-corrected chi connectivity index (χ3v) is 12.7. The molecule has 0 rings (SSSR count). The quantitative estimate of drug-likeness (QED) is 0.0262. The predicted molar refractivity (Wildman–Crippen MR) is 298 cm³/mol. The van der Waals surface area contributed by atoms with Gasteiger partial charge in [-0.2, -0.15) is 0 Å². The Labute approximate surface area is 427 Å². The molecule has 0 saturated carbocycles. The molecule has 0 amide bonds. The molecule has 69 heavy (non-hydrogen) atoms. The molecule has 0 bridgehead atoms. The van der Waals surface area contributed by atoms with Crippen molar-refractivity contribution in [3.05, 3.63) is 72.9 Å². The van der Waals surface area contributed by atoms with Crippen LogP contribution in [-0.2, 0) is 28.6 Å². The smallest absolute Gasteiger partial charge is 0.306 e. The van der Waals surface area contributed by atoms with Crippen molar-refractivity contribution in [2.24, 2.45) is 0 Å². The van der Waals surface area contributed by atoms with Crippen LogP contribution in [0, 0.1) is 0 Å². The highest BCUT2D eigenvalue weighted by Gasteiger charge is 2.19. The van der Waals surface area contributed by atoms with Crippen LogP contribution in [0.15, 0.2) is 72.9 Å². The van der Waals surface area contributed by atoms with E-state index in [1.54, 1.807) is 0 Å². The molecule has 0 aliphatic rings. The van der Waals surface area contributed by atoms with Crippen LogP contribution in [0.4, 0.5) is 0 Å². The van der Waals surface area contributed by atoms with E-state index in [2.05, 4.69) is 93.7 Å².